The zero-order valence-electron chi connectivity index (χ0n) is 9.37. The van der Waals surface area contributed by atoms with Crippen LogP contribution < -0.4 is 0 Å². The molecule has 0 aliphatic heterocycles. The third-order valence-corrected chi connectivity index (χ3v) is 1.53. The minimum atomic E-state index is -0.583. The van der Waals surface area contributed by atoms with E-state index < -0.39 is 5.97 Å². The lowest BCUT2D eigenvalue weighted by molar-refractivity contribution is 0.0593. The van der Waals surface area contributed by atoms with E-state index in [1.165, 1.54) is 7.11 Å². The molecule has 4 nitrogen and oxygen atoms in total. The van der Waals surface area contributed by atoms with E-state index in [1.54, 1.807) is 19.1 Å². The van der Waals surface area contributed by atoms with Gasteiger partial charge in [0.25, 0.3) is 0 Å². The molecule has 0 bridgehead atoms. The molecule has 0 radical (unpaired) electrons. The Bertz CT molecular complexity index is 381. The van der Waals surface area contributed by atoms with Crippen LogP contribution in [0.15, 0.2) is 12.1 Å². The first-order valence-corrected chi connectivity index (χ1v) is 4.65. The van der Waals surface area contributed by atoms with Gasteiger partial charge in [-0.1, -0.05) is 13.8 Å². The van der Waals surface area contributed by atoms with Gasteiger partial charge in [0.15, 0.2) is 5.69 Å². The number of rotatable bonds is 1. The third kappa shape index (κ3) is 3.39. The van der Waals surface area contributed by atoms with Crippen LogP contribution >= 0.6 is 0 Å². The SMILES string of the molecule is CC.COC(=O)c1nc(C)ccc1C#N. The van der Waals surface area contributed by atoms with Crippen molar-refractivity contribution < 1.29 is 9.53 Å². The third-order valence-electron chi connectivity index (χ3n) is 1.53. The van der Waals surface area contributed by atoms with E-state index in [0.717, 1.165) is 0 Å². The van der Waals surface area contributed by atoms with Crippen LogP contribution in [0, 0.1) is 18.3 Å². The second-order valence-electron chi connectivity index (χ2n) is 2.45. The lowest BCUT2D eigenvalue weighted by Crippen LogP contribution is -2.07. The van der Waals surface area contributed by atoms with Gasteiger partial charge in [0.1, 0.15) is 6.07 Å². The van der Waals surface area contributed by atoms with Gasteiger partial charge in [0.2, 0.25) is 0 Å². The van der Waals surface area contributed by atoms with Crippen molar-refractivity contribution in [2.24, 2.45) is 0 Å². The van der Waals surface area contributed by atoms with Gasteiger partial charge in [-0.25, -0.2) is 9.78 Å². The van der Waals surface area contributed by atoms with E-state index in [1.807, 2.05) is 19.9 Å². The topological polar surface area (TPSA) is 63.0 Å². The maximum Gasteiger partial charge on any atom is 0.358 e. The highest BCUT2D eigenvalue weighted by atomic mass is 16.5. The lowest BCUT2D eigenvalue weighted by Gasteiger charge is -2.00. The summed E-state index contributed by atoms with van der Waals surface area (Å²) < 4.78 is 4.48. The summed E-state index contributed by atoms with van der Waals surface area (Å²) in [5.74, 6) is -0.583. The van der Waals surface area contributed by atoms with Crippen LogP contribution in [0.5, 0.6) is 0 Å². The summed E-state index contributed by atoms with van der Waals surface area (Å²) in [6.45, 7) is 5.74. The fourth-order valence-electron chi connectivity index (χ4n) is 0.899. The van der Waals surface area contributed by atoms with Crippen LogP contribution in [0.25, 0.3) is 0 Å². The Morgan fingerprint density at radius 2 is 2.07 bits per heavy atom. The maximum absolute atomic E-state index is 11.1. The van der Waals surface area contributed by atoms with Crippen molar-refractivity contribution in [3.05, 3.63) is 29.1 Å². The molecule has 15 heavy (non-hydrogen) atoms. The summed E-state index contributed by atoms with van der Waals surface area (Å²) in [4.78, 5) is 15.0. The largest absolute Gasteiger partial charge is 0.464 e. The van der Waals surface area contributed by atoms with Crippen LogP contribution in [0.2, 0.25) is 0 Å². The Hall–Kier alpha value is -1.89. The molecule has 0 fully saturated rings. The number of aromatic nitrogens is 1. The molecule has 1 heterocycles. The van der Waals surface area contributed by atoms with Crippen LogP contribution in [-0.2, 0) is 4.74 Å². The minimum absolute atomic E-state index is 0.0741. The van der Waals surface area contributed by atoms with Crippen LogP contribution in [0.4, 0.5) is 0 Å². The summed E-state index contributed by atoms with van der Waals surface area (Å²) in [6, 6.07) is 5.10. The molecule has 0 aliphatic rings. The summed E-state index contributed by atoms with van der Waals surface area (Å²) >= 11 is 0. The number of pyridine rings is 1. The van der Waals surface area contributed by atoms with Gasteiger partial charge in [-0.2, -0.15) is 5.26 Å². The second-order valence-corrected chi connectivity index (χ2v) is 2.45. The van der Waals surface area contributed by atoms with E-state index in [0.29, 0.717) is 5.69 Å². The fraction of sp³-hybridized carbons (Fsp3) is 0.364. The Morgan fingerprint density at radius 1 is 1.47 bits per heavy atom. The molecule has 0 unspecified atom stereocenters. The monoisotopic (exact) mass is 206 g/mol. The van der Waals surface area contributed by atoms with Crippen molar-refractivity contribution in [3.63, 3.8) is 0 Å². The molecular formula is C11H14N2O2. The van der Waals surface area contributed by atoms with E-state index >= 15 is 0 Å². The number of nitriles is 1. The molecule has 0 aromatic carbocycles. The molecule has 0 amide bonds. The number of esters is 1. The van der Waals surface area contributed by atoms with Crippen molar-refractivity contribution >= 4 is 5.97 Å². The Kier molecular flexibility index (Phi) is 5.72. The number of carbonyl (C=O) groups excluding carboxylic acids is 1. The predicted octanol–water partition coefficient (Wildman–Crippen LogP) is 2.07. The number of carbonyl (C=O) groups is 1. The first kappa shape index (κ1) is 13.1. The van der Waals surface area contributed by atoms with Crippen molar-refractivity contribution in [1.82, 2.24) is 4.98 Å². The molecule has 0 saturated heterocycles. The van der Waals surface area contributed by atoms with Crippen molar-refractivity contribution in [1.29, 1.82) is 5.26 Å². The zero-order valence-corrected chi connectivity index (χ0v) is 9.37. The maximum atomic E-state index is 11.1. The van der Waals surface area contributed by atoms with Crippen molar-refractivity contribution in [3.8, 4) is 6.07 Å². The van der Waals surface area contributed by atoms with Gasteiger partial charge in [-0.3, -0.25) is 0 Å². The van der Waals surface area contributed by atoms with Gasteiger partial charge in [0.05, 0.1) is 12.7 Å². The molecule has 1 aromatic heterocycles. The van der Waals surface area contributed by atoms with Crippen molar-refractivity contribution in [2.45, 2.75) is 20.8 Å². The average molecular weight is 206 g/mol. The highest BCUT2D eigenvalue weighted by Crippen LogP contribution is 2.07. The summed E-state index contributed by atoms with van der Waals surface area (Å²) in [5, 5.41) is 8.66. The molecule has 0 spiro atoms. The molecule has 1 aromatic rings. The second kappa shape index (κ2) is 6.55. The fourth-order valence-corrected chi connectivity index (χ4v) is 0.899. The number of methoxy groups -OCH3 is 1. The molecule has 80 valence electrons. The van der Waals surface area contributed by atoms with Gasteiger partial charge in [0, 0.05) is 5.69 Å². The predicted molar refractivity (Wildman–Crippen MR) is 56.4 cm³/mol. The molecule has 4 heteroatoms. The van der Waals surface area contributed by atoms with E-state index in [4.69, 9.17) is 5.26 Å². The van der Waals surface area contributed by atoms with Crippen LogP contribution in [0.3, 0.4) is 0 Å². The lowest BCUT2D eigenvalue weighted by atomic mass is 10.2. The zero-order chi connectivity index (χ0) is 11.8. The van der Waals surface area contributed by atoms with E-state index in [2.05, 4.69) is 9.72 Å². The summed E-state index contributed by atoms with van der Waals surface area (Å²) in [5.41, 5.74) is 0.988. The highest BCUT2D eigenvalue weighted by molar-refractivity contribution is 5.89. The number of nitrogens with zero attached hydrogens (tertiary/aromatic N) is 2. The highest BCUT2D eigenvalue weighted by Gasteiger charge is 2.12. The minimum Gasteiger partial charge on any atom is -0.464 e. The quantitative estimate of drug-likeness (QED) is 0.660. The molecule has 0 N–H and O–H groups in total. The first-order chi connectivity index (χ1) is 7.19. The molecular weight excluding hydrogens is 192 g/mol. The van der Waals surface area contributed by atoms with Gasteiger partial charge in [-0.05, 0) is 19.1 Å². The van der Waals surface area contributed by atoms with Gasteiger partial charge < -0.3 is 4.74 Å². The smallest absolute Gasteiger partial charge is 0.358 e. The Balaban J connectivity index is 0.000000921. The van der Waals surface area contributed by atoms with Crippen LogP contribution in [0.1, 0.15) is 35.6 Å². The Morgan fingerprint density at radius 3 is 2.53 bits per heavy atom. The standard InChI is InChI=1S/C9H8N2O2.C2H6/c1-6-3-4-7(5-10)8(11-6)9(12)13-2;1-2/h3-4H,1-2H3;1-2H3. The van der Waals surface area contributed by atoms with E-state index in [-0.39, 0.29) is 11.3 Å². The number of aryl methyl sites for hydroxylation is 1. The van der Waals surface area contributed by atoms with Crippen LogP contribution in [-0.4, -0.2) is 18.1 Å². The van der Waals surface area contributed by atoms with E-state index in [9.17, 15) is 4.79 Å². The summed E-state index contributed by atoms with van der Waals surface area (Å²) in [6.07, 6.45) is 0. The molecule has 0 saturated carbocycles. The van der Waals surface area contributed by atoms with Gasteiger partial charge in [-0.15, -0.1) is 0 Å². The summed E-state index contributed by atoms with van der Waals surface area (Å²) in [7, 11) is 1.26. The number of ether oxygens (including phenoxy) is 1. The molecule has 0 atom stereocenters. The molecule has 0 aliphatic carbocycles. The molecule has 1 rings (SSSR count). The van der Waals surface area contributed by atoms with Gasteiger partial charge >= 0.3 is 5.97 Å². The van der Waals surface area contributed by atoms with Crippen molar-refractivity contribution in [2.75, 3.05) is 7.11 Å². The number of hydrogen-bond acceptors (Lipinski definition) is 4. The normalized spacial score (nSPS) is 8.20. The Labute approximate surface area is 89.5 Å². The number of hydrogen-bond donors (Lipinski definition) is 0. The first-order valence-electron chi connectivity index (χ1n) is 4.65. The average Bonchev–Trinajstić information content (AvgIpc) is 2.30.